The summed E-state index contributed by atoms with van der Waals surface area (Å²) in [5.41, 5.74) is 2.06. The standard InChI is InChI=1S/C19H30N2O4S/c1-5-17(15-9-10-18(25-4)14(3)12-15)20-19(22)16-8-7-11-21(13-16)26(23,24)6-2/h9-10,12,16-17H,5-8,11,13H2,1-4H3,(H,20,22). The van der Waals surface area contributed by atoms with E-state index in [0.29, 0.717) is 6.54 Å². The molecule has 1 heterocycles. The molecule has 1 N–H and O–H groups in total. The van der Waals surface area contributed by atoms with E-state index < -0.39 is 10.0 Å². The Balaban J connectivity index is 2.08. The van der Waals surface area contributed by atoms with Gasteiger partial charge in [-0.15, -0.1) is 0 Å². The third-order valence-electron chi connectivity index (χ3n) is 5.06. The molecule has 1 aliphatic heterocycles. The lowest BCUT2D eigenvalue weighted by Crippen LogP contribution is -2.46. The molecule has 0 saturated carbocycles. The Morgan fingerprint density at radius 1 is 1.38 bits per heavy atom. The van der Waals surface area contributed by atoms with E-state index >= 15 is 0 Å². The zero-order valence-corrected chi connectivity index (χ0v) is 16.9. The molecule has 1 fully saturated rings. The first-order chi connectivity index (χ1) is 12.3. The van der Waals surface area contributed by atoms with E-state index in [2.05, 4.69) is 5.32 Å². The Kier molecular flexibility index (Phi) is 7.06. The minimum Gasteiger partial charge on any atom is -0.496 e. The van der Waals surface area contributed by atoms with E-state index in [9.17, 15) is 13.2 Å². The van der Waals surface area contributed by atoms with Crippen molar-refractivity contribution in [3.63, 3.8) is 0 Å². The summed E-state index contributed by atoms with van der Waals surface area (Å²) in [6.45, 7) is 6.43. The highest BCUT2D eigenvalue weighted by Gasteiger charge is 2.32. The molecule has 146 valence electrons. The van der Waals surface area contributed by atoms with Gasteiger partial charge in [0.15, 0.2) is 0 Å². The van der Waals surface area contributed by atoms with E-state index in [4.69, 9.17) is 4.74 Å². The van der Waals surface area contributed by atoms with Gasteiger partial charge in [0.2, 0.25) is 15.9 Å². The van der Waals surface area contributed by atoms with Gasteiger partial charge in [-0.1, -0.05) is 19.1 Å². The molecule has 2 unspecified atom stereocenters. The Morgan fingerprint density at radius 2 is 2.12 bits per heavy atom. The van der Waals surface area contributed by atoms with Crippen molar-refractivity contribution in [2.75, 3.05) is 26.0 Å². The molecule has 2 atom stereocenters. The zero-order valence-electron chi connectivity index (χ0n) is 16.1. The maximum absolute atomic E-state index is 12.8. The van der Waals surface area contributed by atoms with Gasteiger partial charge in [0.1, 0.15) is 5.75 Å². The summed E-state index contributed by atoms with van der Waals surface area (Å²) in [5.74, 6) is 0.534. The number of benzene rings is 1. The van der Waals surface area contributed by atoms with Crippen LogP contribution < -0.4 is 10.1 Å². The fraction of sp³-hybridized carbons (Fsp3) is 0.632. The van der Waals surface area contributed by atoms with Crippen LogP contribution >= 0.6 is 0 Å². The number of rotatable bonds is 7. The van der Waals surface area contributed by atoms with Gasteiger partial charge >= 0.3 is 0 Å². The molecule has 0 bridgehead atoms. The van der Waals surface area contributed by atoms with Crippen LogP contribution in [0.2, 0.25) is 0 Å². The van der Waals surface area contributed by atoms with Crippen LogP contribution in [0.4, 0.5) is 0 Å². The van der Waals surface area contributed by atoms with Crippen molar-refractivity contribution in [3.8, 4) is 5.75 Å². The number of hydrogen-bond donors (Lipinski definition) is 1. The van der Waals surface area contributed by atoms with E-state index in [0.717, 1.165) is 36.1 Å². The first-order valence-electron chi connectivity index (χ1n) is 9.25. The van der Waals surface area contributed by atoms with Crippen molar-refractivity contribution in [2.24, 2.45) is 5.92 Å². The molecule has 0 spiro atoms. The average molecular weight is 383 g/mol. The number of sulfonamides is 1. The average Bonchev–Trinajstić information content (AvgIpc) is 2.65. The summed E-state index contributed by atoms with van der Waals surface area (Å²) in [4.78, 5) is 12.8. The smallest absolute Gasteiger partial charge is 0.224 e. The summed E-state index contributed by atoms with van der Waals surface area (Å²) >= 11 is 0. The summed E-state index contributed by atoms with van der Waals surface area (Å²) in [5, 5.41) is 3.11. The zero-order chi connectivity index (χ0) is 19.3. The van der Waals surface area contributed by atoms with Crippen LogP contribution in [0.15, 0.2) is 18.2 Å². The monoisotopic (exact) mass is 382 g/mol. The molecule has 0 aromatic heterocycles. The highest BCUT2D eigenvalue weighted by Crippen LogP contribution is 2.26. The Labute approximate surface area is 157 Å². The van der Waals surface area contributed by atoms with Crippen molar-refractivity contribution in [1.82, 2.24) is 9.62 Å². The summed E-state index contributed by atoms with van der Waals surface area (Å²) in [7, 11) is -1.61. The minimum absolute atomic E-state index is 0.0682. The molecule has 2 rings (SSSR count). The maximum Gasteiger partial charge on any atom is 0.224 e. The molecule has 7 heteroatoms. The van der Waals surface area contributed by atoms with Gasteiger partial charge in [-0.25, -0.2) is 12.7 Å². The van der Waals surface area contributed by atoms with Crippen molar-refractivity contribution in [1.29, 1.82) is 0 Å². The number of hydrogen-bond acceptors (Lipinski definition) is 4. The van der Waals surface area contributed by atoms with Gasteiger partial charge in [0.25, 0.3) is 0 Å². The van der Waals surface area contributed by atoms with E-state index in [1.807, 2.05) is 32.0 Å². The first kappa shape index (κ1) is 20.7. The fourth-order valence-corrected chi connectivity index (χ4v) is 4.60. The van der Waals surface area contributed by atoms with Crippen molar-refractivity contribution in [2.45, 2.75) is 46.1 Å². The topological polar surface area (TPSA) is 75.7 Å². The number of ether oxygens (including phenoxy) is 1. The number of nitrogens with one attached hydrogen (secondary N) is 1. The van der Waals surface area contributed by atoms with Gasteiger partial charge in [-0.3, -0.25) is 4.79 Å². The number of piperidine rings is 1. The normalized spacial score (nSPS) is 19.8. The number of methoxy groups -OCH3 is 1. The van der Waals surface area contributed by atoms with E-state index in [1.165, 1.54) is 4.31 Å². The molecule has 1 saturated heterocycles. The Hall–Kier alpha value is -1.60. The predicted octanol–water partition coefficient (Wildman–Crippen LogP) is 2.63. The minimum atomic E-state index is -3.25. The van der Waals surface area contributed by atoms with Gasteiger partial charge in [-0.2, -0.15) is 0 Å². The van der Waals surface area contributed by atoms with E-state index in [1.54, 1.807) is 14.0 Å². The van der Waals surface area contributed by atoms with Crippen LogP contribution in [0.3, 0.4) is 0 Å². The maximum atomic E-state index is 12.8. The molecule has 26 heavy (non-hydrogen) atoms. The summed E-state index contributed by atoms with van der Waals surface area (Å²) in [6.07, 6.45) is 2.20. The second kappa shape index (κ2) is 8.86. The van der Waals surface area contributed by atoms with Crippen LogP contribution in [0.25, 0.3) is 0 Å². The molecular formula is C19H30N2O4S. The molecule has 1 aromatic carbocycles. The molecular weight excluding hydrogens is 352 g/mol. The second-order valence-electron chi connectivity index (χ2n) is 6.80. The highest BCUT2D eigenvalue weighted by atomic mass is 32.2. The van der Waals surface area contributed by atoms with Gasteiger partial charge in [0.05, 0.1) is 24.8 Å². The predicted molar refractivity (Wildman–Crippen MR) is 103 cm³/mol. The van der Waals surface area contributed by atoms with E-state index in [-0.39, 0.29) is 30.2 Å². The number of amides is 1. The number of nitrogens with zero attached hydrogens (tertiary/aromatic N) is 1. The number of aryl methyl sites for hydroxylation is 1. The molecule has 1 amide bonds. The quantitative estimate of drug-likeness (QED) is 0.787. The molecule has 0 aliphatic carbocycles. The van der Waals surface area contributed by atoms with Crippen LogP contribution in [-0.2, 0) is 14.8 Å². The lowest BCUT2D eigenvalue weighted by molar-refractivity contribution is -0.126. The molecule has 6 nitrogen and oxygen atoms in total. The Morgan fingerprint density at radius 3 is 2.69 bits per heavy atom. The van der Waals surface area contributed by atoms with Gasteiger partial charge in [-0.05, 0) is 50.3 Å². The fourth-order valence-electron chi connectivity index (χ4n) is 3.42. The van der Waals surface area contributed by atoms with Crippen LogP contribution in [-0.4, -0.2) is 44.6 Å². The molecule has 1 aliphatic rings. The van der Waals surface area contributed by atoms with Crippen LogP contribution in [0.5, 0.6) is 5.75 Å². The summed E-state index contributed by atoms with van der Waals surface area (Å²) < 4.78 is 31.0. The third kappa shape index (κ3) is 4.76. The number of carbonyl (C=O) groups is 1. The Bertz CT molecular complexity index is 733. The largest absolute Gasteiger partial charge is 0.496 e. The first-order valence-corrected chi connectivity index (χ1v) is 10.9. The van der Waals surface area contributed by atoms with Crippen LogP contribution in [0.1, 0.15) is 50.3 Å². The van der Waals surface area contributed by atoms with Crippen LogP contribution in [0, 0.1) is 12.8 Å². The highest BCUT2D eigenvalue weighted by molar-refractivity contribution is 7.89. The lowest BCUT2D eigenvalue weighted by atomic mass is 9.96. The van der Waals surface area contributed by atoms with Crippen molar-refractivity contribution >= 4 is 15.9 Å². The molecule has 0 radical (unpaired) electrons. The van der Waals surface area contributed by atoms with Crippen molar-refractivity contribution < 1.29 is 17.9 Å². The molecule has 1 aromatic rings. The lowest BCUT2D eigenvalue weighted by Gasteiger charge is -2.32. The SMILES string of the molecule is CCC(NC(=O)C1CCCN(S(=O)(=O)CC)C1)c1ccc(OC)c(C)c1. The number of carbonyl (C=O) groups excluding carboxylic acids is 1. The van der Waals surface area contributed by atoms with Crippen molar-refractivity contribution in [3.05, 3.63) is 29.3 Å². The van der Waals surface area contributed by atoms with Gasteiger partial charge in [0, 0.05) is 13.1 Å². The van der Waals surface area contributed by atoms with Gasteiger partial charge < -0.3 is 10.1 Å². The summed E-state index contributed by atoms with van der Waals surface area (Å²) in [6, 6.07) is 5.82. The second-order valence-corrected chi connectivity index (χ2v) is 9.05. The third-order valence-corrected chi connectivity index (χ3v) is 6.91.